The number of amides is 1. The molecule has 0 spiro atoms. The number of rotatable bonds is 3. The van der Waals surface area contributed by atoms with Crippen LogP contribution in [0.1, 0.15) is 118 Å². The lowest BCUT2D eigenvalue weighted by Gasteiger charge is -2.31. The van der Waals surface area contributed by atoms with Crippen LogP contribution in [0.15, 0.2) is 6.07 Å². The van der Waals surface area contributed by atoms with Gasteiger partial charge in [0.15, 0.2) is 0 Å². The van der Waals surface area contributed by atoms with E-state index in [9.17, 15) is 18.0 Å². The van der Waals surface area contributed by atoms with E-state index in [0.29, 0.717) is 0 Å². The number of carbonyl (C=O) groups excluding carboxylic acids is 1. The highest BCUT2D eigenvalue weighted by atomic mass is 19.4. The highest BCUT2D eigenvalue weighted by Crippen LogP contribution is 2.35. The molecule has 1 N–H and O–H groups in total. The molecule has 2 aliphatic carbocycles. The first-order chi connectivity index (χ1) is 14.3. The first kappa shape index (κ1) is 23.1. The lowest BCUT2D eigenvalue weighted by molar-refractivity contribution is -0.141. The van der Waals surface area contributed by atoms with Crippen molar-refractivity contribution < 1.29 is 18.0 Å². The van der Waals surface area contributed by atoms with Crippen LogP contribution in [0.2, 0.25) is 0 Å². The first-order valence-corrected chi connectivity index (χ1v) is 11.6. The molecule has 30 heavy (non-hydrogen) atoms. The van der Waals surface area contributed by atoms with Gasteiger partial charge < -0.3 is 5.32 Å². The summed E-state index contributed by atoms with van der Waals surface area (Å²) in [5.74, 6) is -0.438. The molecule has 0 bridgehead atoms. The van der Waals surface area contributed by atoms with Gasteiger partial charge in [0.05, 0.1) is 0 Å². The molecule has 1 aromatic rings. The van der Waals surface area contributed by atoms with Crippen molar-refractivity contribution in [2.24, 2.45) is 0 Å². The largest absolute Gasteiger partial charge is 0.433 e. The lowest BCUT2D eigenvalue weighted by Crippen LogP contribution is -2.49. The zero-order valence-corrected chi connectivity index (χ0v) is 18.0. The van der Waals surface area contributed by atoms with Crippen molar-refractivity contribution in [2.75, 3.05) is 0 Å². The van der Waals surface area contributed by atoms with E-state index >= 15 is 0 Å². The van der Waals surface area contributed by atoms with Crippen LogP contribution in [0.3, 0.4) is 0 Å². The summed E-state index contributed by atoms with van der Waals surface area (Å²) >= 11 is 0. The summed E-state index contributed by atoms with van der Waals surface area (Å²) in [5.41, 5.74) is -1.59. The van der Waals surface area contributed by atoms with E-state index in [0.717, 1.165) is 70.3 Å². The highest BCUT2D eigenvalue weighted by Gasteiger charge is 2.36. The van der Waals surface area contributed by atoms with Gasteiger partial charge in [0, 0.05) is 17.4 Å². The Morgan fingerprint density at radius 2 is 1.47 bits per heavy atom. The molecule has 3 rings (SSSR count). The van der Waals surface area contributed by atoms with Crippen LogP contribution in [-0.2, 0) is 6.18 Å². The van der Waals surface area contributed by atoms with Crippen molar-refractivity contribution in [2.45, 2.75) is 107 Å². The maximum Gasteiger partial charge on any atom is 0.433 e. The van der Waals surface area contributed by atoms with Gasteiger partial charge in [0.1, 0.15) is 25.1 Å². The second kappa shape index (κ2) is 10.1. The highest BCUT2D eigenvalue weighted by molar-refractivity contribution is 6.17. The Labute approximate surface area is 178 Å². The van der Waals surface area contributed by atoms with Crippen LogP contribution in [0.5, 0.6) is 0 Å². The van der Waals surface area contributed by atoms with Crippen molar-refractivity contribution in [1.29, 1.82) is 0 Å². The van der Waals surface area contributed by atoms with Crippen molar-refractivity contribution >= 4 is 13.8 Å². The Morgan fingerprint density at radius 1 is 0.933 bits per heavy atom. The molecule has 2 fully saturated rings. The van der Waals surface area contributed by atoms with Gasteiger partial charge in [0.2, 0.25) is 0 Å². The average Bonchev–Trinajstić information content (AvgIpc) is 3.21. The fourth-order valence-corrected chi connectivity index (χ4v) is 4.77. The average molecular weight is 423 g/mol. The van der Waals surface area contributed by atoms with Crippen LogP contribution in [-0.4, -0.2) is 29.2 Å². The quantitative estimate of drug-likeness (QED) is 0.686. The van der Waals surface area contributed by atoms with E-state index in [1.54, 1.807) is 0 Å². The summed E-state index contributed by atoms with van der Waals surface area (Å²) in [6, 6.07) is 0.808. The van der Waals surface area contributed by atoms with Crippen LogP contribution in [0.4, 0.5) is 13.2 Å². The Morgan fingerprint density at radius 3 is 2.00 bits per heavy atom. The minimum atomic E-state index is -4.59. The predicted molar refractivity (Wildman–Crippen MR) is 113 cm³/mol. The van der Waals surface area contributed by atoms with Gasteiger partial charge in [-0.1, -0.05) is 64.2 Å². The molecule has 0 saturated heterocycles. The third kappa shape index (κ3) is 6.45. The summed E-state index contributed by atoms with van der Waals surface area (Å²) in [5, 5.41) is 3.05. The normalized spacial score (nSPS) is 21.7. The zero-order chi connectivity index (χ0) is 21.6. The molecule has 2 saturated carbocycles. The molecular weight excluding hydrogens is 390 g/mol. The summed E-state index contributed by atoms with van der Waals surface area (Å²) in [4.78, 5) is 21.1. The maximum absolute atomic E-state index is 13.4. The van der Waals surface area contributed by atoms with Crippen molar-refractivity contribution in [3.8, 4) is 0 Å². The Kier molecular flexibility index (Phi) is 7.80. The van der Waals surface area contributed by atoms with Crippen LogP contribution < -0.4 is 5.32 Å². The van der Waals surface area contributed by atoms with E-state index in [2.05, 4.69) is 15.3 Å². The summed E-state index contributed by atoms with van der Waals surface area (Å²) < 4.78 is 40.3. The number of nitrogens with one attached hydrogen (secondary N) is 1. The fourth-order valence-electron chi connectivity index (χ4n) is 4.77. The predicted octanol–water partition coefficient (Wildman–Crippen LogP) is 5.13. The van der Waals surface area contributed by atoms with Crippen molar-refractivity contribution in [1.82, 2.24) is 15.3 Å². The van der Waals surface area contributed by atoms with Gasteiger partial charge in [-0.3, -0.25) is 4.79 Å². The molecule has 1 heterocycles. The number of nitrogens with zero attached hydrogens (tertiary/aromatic N) is 2. The molecule has 0 aromatic carbocycles. The number of halogens is 3. The third-order valence-electron chi connectivity index (χ3n) is 6.61. The van der Waals surface area contributed by atoms with Gasteiger partial charge >= 0.3 is 6.18 Å². The van der Waals surface area contributed by atoms with E-state index in [4.69, 9.17) is 0 Å². The van der Waals surface area contributed by atoms with Crippen LogP contribution in [0.25, 0.3) is 0 Å². The van der Waals surface area contributed by atoms with E-state index in [1.807, 2.05) is 7.85 Å². The molecule has 1 aromatic heterocycles. The third-order valence-corrected chi connectivity index (χ3v) is 6.61. The van der Waals surface area contributed by atoms with Gasteiger partial charge in [0.25, 0.3) is 5.91 Å². The maximum atomic E-state index is 13.4. The number of alkyl halides is 3. The Balaban J connectivity index is 1.80. The van der Waals surface area contributed by atoms with E-state index in [-0.39, 0.29) is 17.4 Å². The summed E-state index contributed by atoms with van der Waals surface area (Å²) in [7, 11) is 2.02. The van der Waals surface area contributed by atoms with Crippen molar-refractivity contribution in [3.63, 3.8) is 0 Å². The molecule has 2 aliphatic rings. The number of aromatic nitrogens is 2. The van der Waals surface area contributed by atoms with Gasteiger partial charge in [-0.15, -0.1) is 0 Å². The van der Waals surface area contributed by atoms with Gasteiger partial charge in [-0.2, -0.15) is 13.2 Å². The smallest absolute Gasteiger partial charge is 0.353 e. The van der Waals surface area contributed by atoms with Crippen LogP contribution in [0, 0.1) is 0 Å². The fraction of sp³-hybridized carbons (Fsp3) is 0.773. The number of hydrogen-bond donors (Lipinski definition) is 1. The summed E-state index contributed by atoms with van der Waals surface area (Å²) in [6.45, 7) is 0. The minimum Gasteiger partial charge on any atom is -0.353 e. The molecule has 1 amide bonds. The monoisotopic (exact) mass is 423 g/mol. The standard InChI is InChI=1S/C22H33BF3N3O/c23-21(13-9-5-3-1-2-4-6-10-14-21)29-20(30)17-15-18(22(24,25)26)28-19(27-17)16-11-7-8-12-16/h15-16H,1-14,23H2,(H,29,30). The van der Waals surface area contributed by atoms with Crippen molar-refractivity contribution in [3.05, 3.63) is 23.3 Å². The topological polar surface area (TPSA) is 54.9 Å². The Hall–Kier alpha value is -1.60. The minimum absolute atomic E-state index is 0.0909. The van der Waals surface area contributed by atoms with Gasteiger partial charge in [-0.05, 0) is 25.7 Å². The number of hydrogen-bond acceptors (Lipinski definition) is 3. The van der Waals surface area contributed by atoms with Gasteiger partial charge in [-0.25, -0.2) is 9.97 Å². The van der Waals surface area contributed by atoms with E-state index < -0.39 is 23.2 Å². The molecule has 0 atom stereocenters. The first-order valence-electron chi connectivity index (χ1n) is 11.6. The number of carbonyl (C=O) groups is 1. The molecular formula is C22H33BF3N3O. The zero-order valence-electron chi connectivity index (χ0n) is 18.0. The van der Waals surface area contributed by atoms with Crippen LogP contribution >= 0.6 is 0 Å². The van der Waals surface area contributed by atoms with E-state index in [1.165, 1.54) is 25.7 Å². The molecule has 0 aliphatic heterocycles. The molecule has 4 nitrogen and oxygen atoms in total. The molecule has 166 valence electrons. The lowest BCUT2D eigenvalue weighted by atomic mass is 9.70. The molecule has 0 radical (unpaired) electrons. The molecule has 8 heteroatoms. The second-order valence-electron chi connectivity index (χ2n) is 9.32. The molecule has 0 unspecified atom stereocenters. The second-order valence-corrected chi connectivity index (χ2v) is 9.32. The SMILES string of the molecule is BC1(NC(=O)c2cc(C(F)(F)F)nc(C3CCCC3)n2)CCCCCCCCCC1. The Bertz CT molecular complexity index is 708. The summed E-state index contributed by atoms with van der Waals surface area (Å²) in [6.07, 6.45) is 9.78.